The largest absolute Gasteiger partial charge is 0.376 e. The third-order valence-corrected chi connectivity index (χ3v) is 7.95. The molecule has 0 bridgehead atoms. The zero-order valence-corrected chi connectivity index (χ0v) is 21.7. The van der Waals surface area contributed by atoms with E-state index in [0.29, 0.717) is 49.8 Å². The molecule has 198 valence electrons. The van der Waals surface area contributed by atoms with Gasteiger partial charge in [0.2, 0.25) is 0 Å². The van der Waals surface area contributed by atoms with Crippen molar-refractivity contribution in [1.29, 1.82) is 0 Å². The van der Waals surface area contributed by atoms with Gasteiger partial charge in [-0.1, -0.05) is 24.3 Å². The highest BCUT2D eigenvalue weighted by atomic mass is 19.1. The Labute approximate surface area is 220 Å². The van der Waals surface area contributed by atoms with Crippen LogP contribution in [0, 0.1) is 19.7 Å². The lowest BCUT2D eigenvalue weighted by Crippen LogP contribution is -2.49. The van der Waals surface area contributed by atoms with Crippen LogP contribution in [-0.4, -0.2) is 69.0 Å². The molecule has 9 nitrogen and oxygen atoms in total. The molecule has 2 aromatic carbocycles. The molecule has 4 heterocycles. The van der Waals surface area contributed by atoms with E-state index in [1.807, 2.05) is 38.1 Å². The van der Waals surface area contributed by atoms with E-state index in [1.54, 1.807) is 10.7 Å². The zero-order valence-electron chi connectivity index (χ0n) is 21.7. The number of nitrogens with one attached hydrogen (secondary N) is 1. The van der Waals surface area contributed by atoms with Crippen molar-refractivity contribution in [2.24, 2.45) is 0 Å². The van der Waals surface area contributed by atoms with Gasteiger partial charge in [0.05, 0.1) is 23.9 Å². The molecule has 2 atom stereocenters. The molecule has 0 aliphatic carbocycles. The van der Waals surface area contributed by atoms with Crippen LogP contribution in [0.5, 0.6) is 0 Å². The molecule has 4 aromatic rings. The summed E-state index contributed by atoms with van der Waals surface area (Å²) in [5.41, 5.74) is 4.08. The number of ether oxygens (including phenoxy) is 1. The maximum absolute atomic E-state index is 14.5. The maximum atomic E-state index is 14.5. The maximum Gasteiger partial charge on any atom is 0.253 e. The number of pyridine rings is 1. The number of aromatic nitrogens is 5. The second kappa shape index (κ2) is 10.3. The standard InChI is InChI=1S/C28H32FN7O2/c1-18-9-10-20-16-22(28(37)30-25(20)19(18)2)26(27-31-32-33-36(27)17-21-6-5-15-38-21)35-13-11-34(12-14-35)24-8-4-3-7-23(24)29/h3-4,7-10,16,21,26H,5-6,11-15,17H2,1-2H3,(H,30,37)/t21-,26+/m0/s1. The van der Waals surface area contributed by atoms with Gasteiger partial charge in [-0.15, -0.1) is 5.10 Å². The van der Waals surface area contributed by atoms with Crippen LogP contribution in [0.15, 0.2) is 47.3 Å². The normalized spacial score (nSPS) is 19.3. The monoisotopic (exact) mass is 517 g/mol. The first-order valence-corrected chi connectivity index (χ1v) is 13.2. The van der Waals surface area contributed by atoms with Crippen LogP contribution in [0.3, 0.4) is 0 Å². The van der Waals surface area contributed by atoms with Gasteiger partial charge in [-0.05, 0) is 71.8 Å². The number of H-pyrrole nitrogens is 1. The summed E-state index contributed by atoms with van der Waals surface area (Å²) in [6, 6.07) is 12.5. The topological polar surface area (TPSA) is 92.2 Å². The van der Waals surface area contributed by atoms with Crippen LogP contribution in [0.1, 0.15) is 41.4 Å². The van der Waals surface area contributed by atoms with Crippen molar-refractivity contribution < 1.29 is 9.13 Å². The molecule has 10 heteroatoms. The summed E-state index contributed by atoms with van der Waals surface area (Å²) in [6.45, 7) is 7.83. The summed E-state index contributed by atoms with van der Waals surface area (Å²) in [7, 11) is 0. The molecular formula is C28H32FN7O2. The Morgan fingerprint density at radius 3 is 2.71 bits per heavy atom. The van der Waals surface area contributed by atoms with E-state index in [4.69, 9.17) is 4.74 Å². The Morgan fingerprint density at radius 2 is 1.95 bits per heavy atom. The van der Waals surface area contributed by atoms with Crippen molar-refractivity contribution in [3.63, 3.8) is 0 Å². The summed E-state index contributed by atoms with van der Waals surface area (Å²) in [5, 5.41) is 13.7. The van der Waals surface area contributed by atoms with Crippen molar-refractivity contribution in [3.8, 4) is 0 Å². The number of aromatic amines is 1. The SMILES string of the molecule is Cc1ccc2cc([C@H](c3nnnn3C[C@@H]3CCCO3)N3CCN(c4ccccc4F)CC3)c(=O)[nH]c2c1C. The number of tetrazole rings is 1. The smallest absolute Gasteiger partial charge is 0.253 e. The van der Waals surface area contributed by atoms with Crippen molar-refractivity contribution in [3.05, 3.63) is 81.2 Å². The number of piperazine rings is 1. The molecule has 0 amide bonds. The van der Waals surface area contributed by atoms with Gasteiger partial charge in [-0.25, -0.2) is 9.07 Å². The number of fused-ring (bicyclic) bond motifs is 1. The average molecular weight is 518 g/mol. The van der Waals surface area contributed by atoms with E-state index in [0.717, 1.165) is 41.5 Å². The molecule has 0 saturated carbocycles. The average Bonchev–Trinajstić information content (AvgIpc) is 3.61. The summed E-state index contributed by atoms with van der Waals surface area (Å²) in [5.74, 6) is 0.392. The molecule has 0 spiro atoms. The molecule has 2 aliphatic rings. The Hall–Kier alpha value is -3.63. The molecule has 2 aromatic heterocycles. The van der Waals surface area contributed by atoms with Gasteiger partial charge in [0.25, 0.3) is 5.56 Å². The lowest BCUT2D eigenvalue weighted by Gasteiger charge is -2.39. The number of benzene rings is 2. The number of anilines is 1. The van der Waals surface area contributed by atoms with E-state index in [2.05, 4.69) is 36.4 Å². The quantitative estimate of drug-likeness (QED) is 0.419. The fourth-order valence-electron chi connectivity index (χ4n) is 5.69. The number of rotatable bonds is 6. The number of halogens is 1. The minimum Gasteiger partial charge on any atom is -0.376 e. The molecule has 1 N–H and O–H groups in total. The van der Waals surface area contributed by atoms with Crippen LogP contribution >= 0.6 is 0 Å². The molecule has 0 radical (unpaired) electrons. The van der Waals surface area contributed by atoms with Crippen LogP contribution < -0.4 is 10.5 Å². The van der Waals surface area contributed by atoms with E-state index < -0.39 is 6.04 Å². The molecule has 6 rings (SSSR count). The molecule has 0 unspecified atom stereocenters. The van der Waals surface area contributed by atoms with E-state index in [9.17, 15) is 9.18 Å². The van der Waals surface area contributed by atoms with E-state index >= 15 is 0 Å². The minimum atomic E-state index is -0.455. The van der Waals surface area contributed by atoms with Crippen molar-refractivity contribution >= 4 is 16.6 Å². The highest BCUT2D eigenvalue weighted by Crippen LogP contribution is 2.30. The predicted octanol–water partition coefficient (Wildman–Crippen LogP) is 3.36. The third-order valence-electron chi connectivity index (χ3n) is 7.95. The number of aryl methyl sites for hydroxylation is 2. The highest BCUT2D eigenvalue weighted by Gasteiger charge is 2.34. The number of hydrogen-bond donors (Lipinski definition) is 1. The second-order valence-corrected chi connectivity index (χ2v) is 10.3. The van der Waals surface area contributed by atoms with Gasteiger partial charge < -0.3 is 14.6 Å². The van der Waals surface area contributed by atoms with Crippen LogP contribution in [0.4, 0.5) is 10.1 Å². The Morgan fingerprint density at radius 1 is 1.13 bits per heavy atom. The van der Waals surface area contributed by atoms with Crippen LogP contribution in [0.25, 0.3) is 10.9 Å². The van der Waals surface area contributed by atoms with E-state index in [1.165, 1.54) is 6.07 Å². The third kappa shape index (κ3) is 4.58. The van der Waals surface area contributed by atoms with Gasteiger partial charge >= 0.3 is 0 Å². The first-order valence-electron chi connectivity index (χ1n) is 13.2. The van der Waals surface area contributed by atoms with Gasteiger partial charge in [0.15, 0.2) is 5.82 Å². The summed E-state index contributed by atoms with van der Waals surface area (Å²) < 4.78 is 22.1. The van der Waals surface area contributed by atoms with Crippen molar-refractivity contribution in [2.75, 3.05) is 37.7 Å². The van der Waals surface area contributed by atoms with Crippen LogP contribution in [-0.2, 0) is 11.3 Å². The Kier molecular flexibility index (Phi) is 6.67. The fourth-order valence-corrected chi connectivity index (χ4v) is 5.69. The number of hydrogen-bond acceptors (Lipinski definition) is 7. The van der Waals surface area contributed by atoms with E-state index in [-0.39, 0.29) is 17.5 Å². The van der Waals surface area contributed by atoms with Gasteiger partial charge in [0, 0.05) is 38.3 Å². The first-order chi connectivity index (χ1) is 18.5. The summed E-state index contributed by atoms with van der Waals surface area (Å²) in [6.07, 6.45) is 2.03. The minimum absolute atomic E-state index is 0.0521. The number of para-hydroxylation sites is 1. The van der Waals surface area contributed by atoms with Gasteiger partial charge in [-0.2, -0.15) is 0 Å². The number of nitrogens with zero attached hydrogens (tertiary/aromatic N) is 6. The molecular weight excluding hydrogens is 485 g/mol. The highest BCUT2D eigenvalue weighted by molar-refractivity contribution is 5.83. The Balaban J connectivity index is 1.38. The van der Waals surface area contributed by atoms with Gasteiger partial charge in [0.1, 0.15) is 11.9 Å². The Bertz CT molecular complexity index is 1500. The fraction of sp³-hybridized carbons (Fsp3) is 0.429. The lowest BCUT2D eigenvalue weighted by molar-refractivity contribution is 0.0906. The van der Waals surface area contributed by atoms with Crippen molar-refractivity contribution in [1.82, 2.24) is 30.1 Å². The lowest BCUT2D eigenvalue weighted by atomic mass is 9.99. The summed E-state index contributed by atoms with van der Waals surface area (Å²) in [4.78, 5) is 21.0. The molecule has 2 saturated heterocycles. The summed E-state index contributed by atoms with van der Waals surface area (Å²) >= 11 is 0. The zero-order chi connectivity index (χ0) is 26.2. The second-order valence-electron chi connectivity index (χ2n) is 10.3. The van der Waals surface area contributed by atoms with Gasteiger partial charge in [-0.3, -0.25) is 9.69 Å². The van der Waals surface area contributed by atoms with Crippen molar-refractivity contribution in [2.45, 2.75) is 45.4 Å². The molecule has 38 heavy (non-hydrogen) atoms. The predicted molar refractivity (Wildman–Crippen MR) is 143 cm³/mol. The van der Waals surface area contributed by atoms with Crippen LogP contribution in [0.2, 0.25) is 0 Å². The first kappa shape index (κ1) is 24.7. The molecule has 2 aliphatic heterocycles. The molecule has 2 fully saturated rings.